The minimum Gasteiger partial charge on any atom is -0.353 e. The average Bonchev–Trinajstić information content (AvgIpc) is 3.29. The Bertz CT molecular complexity index is 603. The lowest BCUT2D eigenvalue weighted by molar-refractivity contribution is 0.642. The van der Waals surface area contributed by atoms with Gasteiger partial charge in [-0.1, -0.05) is 11.3 Å². The molecule has 0 saturated carbocycles. The van der Waals surface area contributed by atoms with Gasteiger partial charge in [0.2, 0.25) is 11.1 Å². The Morgan fingerprint density at radius 3 is 2.41 bits per heavy atom. The van der Waals surface area contributed by atoms with Gasteiger partial charge in [0.1, 0.15) is 11.3 Å². The lowest BCUT2D eigenvalue weighted by Crippen LogP contribution is -2.47. The second kappa shape index (κ2) is 6.04. The van der Waals surface area contributed by atoms with Crippen LogP contribution < -0.4 is 14.7 Å². The predicted octanol–water partition coefficient (Wildman–Crippen LogP) is 1.25. The normalized spacial score (nSPS) is 19.0. The first-order valence-electron chi connectivity index (χ1n) is 7.74. The van der Waals surface area contributed by atoms with Crippen LogP contribution in [0.3, 0.4) is 0 Å². The van der Waals surface area contributed by atoms with E-state index in [1.165, 1.54) is 12.8 Å². The van der Waals surface area contributed by atoms with Gasteiger partial charge in [0.05, 0.1) is 0 Å². The van der Waals surface area contributed by atoms with Gasteiger partial charge in [-0.2, -0.15) is 4.98 Å². The number of anilines is 3. The zero-order chi connectivity index (χ0) is 14.8. The van der Waals surface area contributed by atoms with Crippen molar-refractivity contribution in [1.82, 2.24) is 20.2 Å². The second-order valence-corrected chi connectivity index (χ2v) is 6.42. The van der Waals surface area contributed by atoms with Crippen molar-refractivity contribution in [2.75, 3.05) is 54.0 Å². The zero-order valence-electron chi connectivity index (χ0n) is 12.4. The fourth-order valence-electron chi connectivity index (χ4n) is 3.02. The Hall–Kier alpha value is -1.96. The molecule has 0 aromatic carbocycles. The molecule has 2 fully saturated rings. The molecule has 0 bridgehead atoms. The van der Waals surface area contributed by atoms with Gasteiger partial charge in [0.15, 0.2) is 0 Å². The number of nitrogens with zero attached hydrogens (tertiary/aromatic N) is 7. The third-order valence-corrected chi connectivity index (χ3v) is 4.99. The second-order valence-electron chi connectivity index (χ2n) is 5.60. The summed E-state index contributed by atoms with van der Waals surface area (Å²) in [6.45, 7) is 5.98. The van der Waals surface area contributed by atoms with Crippen LogP contribution in [0.4, 0.5) is 16.9 Å². The summed E-state index contributed by atoms with van der Waals surface area (Å²) in [5.41, 5.74) is 1.79. The van der Waals surface area contributed by atoms with E-state index >= 15 is 0 Å². The summed E-state index contributed by atoms with van der Waals surface area (Å²) in [6.07, 6.45) is 4.37. The van der Waals surface area contributed by atoms with Crippen LogP contribution in [0.5, 0.6) is 0 Å². The van der Waals surface area contributed by atoms with Crippen molar-refractivity contribution in [1.29, 1.82) is 0 Å². The fraction of sp³-hybridized carbons (Fsp3) is 0.571. The van der Waals surface area contributed by atoms with Crippen molar-refractivity contribution < 1.29 is 0 Å². The number of hydrogen-bond acceptors (Lipinski definition) is 8. The van der Waals surface area contributed by atoms with Crippen molar-refractivity contribution in [2.45, 2.75) is 12.8 Å². The van der Waals surface area contributed by atoms with Crippen molar-refractivity contribution in [3.05, 3.63) is 17.8 Å². The smallest absolute Gasteiger partial charge is 0.227 e. The minimum atomic E-state index is 0.876. The Labute approximate surface area is 133 Å². The molecule has 2 aromatic heterocycles. The highest BCUT2D eigenvalue weighted by atomic mass is 32.1. The fourth-order valence-corrected chi connectivity index (χ4v) is 3.63. The Kier molecular flexibility index (Phi) is 3.75. The summed E-state index contributed by atoms with van der Waals surface area (Å²) in [4.78, 5) is 16.1. The maximum atomic E-state index is 4.76. The van der Waals surface area contributed by atoms with E-state index in [1.807, 2.05) is 12.3 Å². The van der Waals surface area contributed by atoms with Crippen LogP contribution in [0, 0.1) is 0 Å². The molecule has 0 unspecified atom stereocenters. The molecule has 0 spiro atoms. The van der Waals surface area contributed by atoms with Crippen molar-refractivity contribution in [3.63, 3.8) is 0 Å². The third-order valence-electron chi connectivity index (χ3n) is 4.24. The quantitative estimate of drug-likeness (QED) is 0.844. The van der Waals surface area contributed by atoms with E-state index in [0.29, 0.717) is 0 Å². The summed E-state index contributed by atoms with van der Waals surface area (Å²) in [5.74, 6) is 1.91. The van der Waals surface area contributed by atoms with Crippen LogP contribution >= 0.6 is 11.3 Å². The first kappa shape index (κ1) is 13.7. The molecule has 0 aliphatic carbocycles. The number of rotatable bonds is 3. The molecule has 0 amide bonds. The largest absolute Gasteiger partial charge is 0.353 e. The van der Waals surface area contributed by atoms with Gasteiger partial charge in [0, 0.05) is 45.5 Å². The minimum absolute atomic E-state index is 0.876. The number of aromatic nitrogens is 4. The molecule has 0 radical (unpaired) electrons. The first-order valence-corrected chi connectivity index (χ1v) is 8.62. The van der Waals surface area contributed by atoms with Crippen LogP contribution in [-0.2, 0) is 0 Å². The molecule has 22 heavy (non-hydrogen) atoms. The zero-order valence-corrected chi connectivity index (χ0v) is 13.2. The predicted molar refractivity (Wildman–Crippen MR) is 87.8 cm³/mol. The molecular weight excluding hydrogens is 298 g/mol. The Morgan fingerprint density at radius 2 is 1.68 bits per heavy atom. The highest BCUT2D eigenvalue weighted by molar-refractivity contribution is 7.13. The highest BCUT2D eigenvalue weighted by Gasteiger charge is 2.21. The topological polar surface area (TPSA) is 61.3 Å². The van der Waals surface area contributed by atoms with E-state index in [1.54, 1.807) is 16.8 Å². The lowest BCUT2D eigenvalue weighted by atomic mass is 10.3. The molecule has 0 atom stereocenters. The van der Waals surface area contributed by atoms with Gasteiger partial charge >= 0.3 is 0 Å². The molecule has 2 saturated heterocycles. The SMILES string of the molecule is c1cc(N2CCN(c3nncs3)CC2)nc(N2CCCC2)n1. The summed E-state index contributed by atoms with van der Waals surface area (Å²) < 4.78 is 0. The van der Waals surface area contributed by atoms with Crippen molar-refractivity contribution in [3.8, 4) is 0 Å². The maximum Gasteiger partial charge on any atom is 0.227 e. The summed E-state index contributed by atoms with van der Waals surface area (Å²) in [7, 11) is 0. The van der Waals surface area contributed by atoms with Crippen LogP contribution in [0.1, 0.15) is 12.8 Å². The van der Waals surface area contributed by atoms with Crippen molar-refractivity contribution >= 4 is 28.2 Å². The van der Waals surface area contributed by atoms with Crippen LogP contribution in [-0.4, -0.2) is 59.4 Å². The molecule has 4 heterocycles. The molecule has 0 N–H and O–H groups in total. The van der Waals surface area contributed by atoms with Gasteiger partial charge < -0.3 is 14.7 Å². The molecule has 4 rings (SSSR count). The molecule has 2 aliphatic heterocycles. The van der Waals surface area contributed by atoms with Crippen LogP contribution in [0.25, 0.3) is 0 Å². The van der Waals surface area contributed by atoms with E-state index in [-0.39, 0.29) is 0 Å². The molecule has 116 valence electrons. The van der Waals surface area contributed by atoms with Gasteiger partial charge in [-0.25, -0.2) is 4.98 Å². The molecular formula is C14H19N7S. The Morgan fingerprint density at radius 1 is 0.909 bits per heavy atom. The summed E-state index contributed by atoms with van der Waals surface area (Å²) >= 11 is 1.60. The average molecular weight is 317 g/mol. The van der Waals surface area contributed by atoms with E-state index in [0.717, 1.165) is 56.2 Å². The maximum absolute atomic E-state index is 4.76. The molecule has 2 aromatic rings. The van der Waals surface area contributed by atoms with Gasteiger partial charge in [-0.05, 0) is 18.9 Å². The van der Waals surface area contributed by atoms with E-state index in [2.05, 4.69) is 29.9 Å². The van der Waals surface area contributed by atoms with Gasteiger partial charge in [-0.3, -0.25) is 0 Å². The van der Waals surface area contributed by atoms with Crippen molar-refractivity contribution in [2.24, 2.45) is 0 Å². The Balaban J connectivity index is 1.43. The van der Waals surface area contributed by atoms with E-state index < -0.39 is 0 Å². The third kappa shape index (κ3) is 2.70. The van der Waals surface area contributed by atoms with E-state index in [9.17, 15) is 0 Å². The van der Waals surface area contributed by atoms with Crippen LogP contribution in [0.2, 0.25) is 0 Å². The highest BCUT2D eigenvalue weighted by Crippen LogP contribution is 2.22. The lowest BCUT2D eigenvalue weighted by Gasteiger charge is -2.35. The standard InChI is InChI=1S/C14H19N7S/c1-2-6-20(5-1)13-15-4-3-12(17-13)19-7-9-21(10-8-19)14-18-16-11-22-14/h3-4,11H,1-2,5-10H2. The number of hydrogen-bond donors (Lipinski definition) is 0. The molecule has 2 aliphatic rings. The van der Waals surface area contributed by atoms with Gasteiger partial charge in [0.25, 0.3) is 0 Å². The monoisotopic (exact) mass is 317 g/mol. The summed E-state index contributed by atoms with van der Waals surface area (Å²) in [5, 5.41) is 9.08. The van der Waals surface area contributed by atoms with Gasteiger partial charge in [-0.15, -0.1) is 10.2 Å². The summed E-state index contributed by atoms with van der Waals surface area (Å²) in [6, 6.07) is 2.01. The molecule has 8 heteroatoms. The first-order chi connectivity index (χ1) is 10.9. The number of piperazine rings is 1. The molecule has 7 nitrogen and oxygen atoms in total. The van der Waals surface area contributed by atoms with E-state index in [4.69, 9.17) is 4.98 Å². The van der Waals surface area contributed by atoms with Crippen LogP contribution in [0.15, 0.2) is 17.8 Å².